The Labute approximate surface area is 278 Å². The number of aliphatic hydroxyl groups excluding tert-OH is 1. The van der Waals surface area contributed by atoms with Crippen LogP contribution in [0.15, 0.2) is 54.7 Å². The van der Waals surface area contributed by atoms with Crippen molar-refractivity contribution >= 4 is 29.1 Å². The Morgan fingerprint density at radius 1 is 1.04 bits per heavy atom. The van der Waals surface area contributed by atoms with Crippen molar-refractivity contribution in [3.63, 3.8) is 0 Å². The predicted molar refractivity (Wildman–Crippen MR) is 180 cm³/mol. The van der Waals surface area contributed by atoms with E-state index in [0.29, 0.717) is 53.4 Å². The quantitative estimate of drug-likeness (QED) is 0.193. The second kappa shape index (κ2) is 14.4. The lowest BCUT2D eigenvalue weighted by Crippen LogP contribution is -2.35. The van der Waals surface area contributed by atoms with Gasteiger partial charge in [0.05, 0.1) is 42.3 Å². The minimum absolute atomic E-state index is 0.102. The Bertz CT molecular complexity index is 1730. The van der Waals surface area contributed by atoms with Crippen LogP contribution in [0.2, 0.25) is 10.0 Å². The summed E-state index contributed by atoms with van der Waals surface area (Å²) >= 11 is 14.2. The molecule has 0 bridgehead atoms. The number of carbonyl (C=O) groups is 1. The SMILES string of the molecule is COc1cc(-c2nccc(-c3cccc(-c4ccc(CNC[C@H]5CCC(=O)N5)c(OC)n4)c3Cl)c2Cl)cc2c1CN(CCO)CC2. The van der Waals surface area contributed by atoms with Crippen molar-refractivity contribution in [3.05, 3.63) is 81.5 Å². The van der Waals surface area contributed by atoms with Gasteiger partial charge in [0.25, 0.3) is 0 Å². The number of halogens is 2. The number of fused-ring (bicyclic) bond motifs is 1. The van der Waals surface area contributed by atoms with Gasteiger partial charge in [-0.3, -0.25) is 14.7 Å². The van der Waals surface area contributed by atoms with Gasteiger partial charge in [0.2, 0.25) is 11.8 Å². The molecule has 2 aliphatic heterocycles. The molecule has 2 aromatic heterocycles. The summed E-state index contributed by atoms with van der Waals surface area (Å²) in [4.78, 5) is 23.2. The molecule has 1 fully saturated rings. The molecule has 2 aliphatic rings. The van der Waals surface area contributed by atoms with E-state index in [4.69, 9.17) is 37.7 Å². The Morgan fingerprint density at radius 2 is 1.87 bits per heavy atom. The second-order valence-corrected chi connectivity index (χ2v) is 12.3. The normalized spacial score (nSPS) is 16.3. The van der Waals surface area contributed by atoms with Crippen LogP contribution in [0, 0.1) is 0 Å². The third-order valence-electron chi connectivity index (χ3n) is 8.67. The smallest absolute Gasteiger partial charge is 0.220 e. The van der Waals surface area contributed by atoms with E-state index < -0.39 is 0 Å². The Balaban J connectivity index is 1.28. The predicted octanol–water partition coefficient (Wildman–Crippen LogP) is 5.52. The number of aromatic nitrogens is 2. The molecule has 0 unspecified atom stereocenters. The molecule has 4 aromatic rings. The lowest BCUT2D eigenvalue weighted by Gasteiger charge is -2.29. The van der Waals surface area contributed by atoms with Gasteiger partial charge in [0, 0.05) is 84.8 Å². The fraction of sp³-hybridized carbons (Fsp3) is 0.343. The van der Waals surface area contributed by atoms with E-state index >= 15 is 0 Å². The fourth-order valence-corrected chi connectivity index (χ4v) is 6.92. The molecule has 0 spiro atoms. The van der Waals surface area contributed by atoms with E-state index in [9.17, 15) is 9.90 Å². The van der Waals surface area contributed by atoms with Gasteiger partial charge in [-0.05, 0) is 42.7 Å². The maximum atomic E-state index is 11.5. The number of methoxy groups -OCH3 is 2. The lowest BCUT2D eigenvalue weighted by molar-refractivity contribution is -0.119. The number of ether oxygens (including phenoxy) is 2. The third-order valence-corrected chi connectivity index (χ3v) is 9.46. The van der Waals surface area contributed by atoms with Crippen molar-refractivity contribution in [2.75, 3.05) is 40.5 Å². The Hall–Kier alpha value is -3.73. The minimum atomic E-state index is 0.102. The van der Waals surface area contributed by atoms with E-state index in [1.807, 2.05) is 42.5 Å². The van der Waals surface area contributed by atoms with Gasteiger partial charge in [-0.1, -0.05) is 47.5 Å². The zero-order chi connectivity index (χ0) is 32.2. The standard InChI is InChI=1S/C35H37Cl2N5O4/c1-45-30-17-23(16-21-11-13-42(14-15-43)20-28(21)30)34-33(37)26(10-12-39-34)25-4-3-5-27(32(25)36)29-8-6-22(35(41-29)46-2)18-38-19-24-7-9-31(44)40-24/h3-6,8,10,12,16-17,24,38,43H,7,9,11,13-15,18-20H2,1-2H3,(H,40,44)/t24-/m1/s1. The molecular weight excluding hydrogens is 625 g/mol. The number of rotatable bonds is 11. The highest BCUT2D eigenvalue weighted by Gasteiger charge is 2.24. The highest BCUT2D eigenvalue weighted by Crippen LogP contribution is 2.43. The lowest BCUT2D eigenvalue weighted by atomic mass is 9.94. The van der Waals surface area contributed by atoms with E-state index in [2.05, 4.69) is 26.6 Å². The van der Waals surface area contributed by atoms with Gasteiger partial charge in [0.1, 0.15) is 5.75 Å². The van der Waals surface area contributed by atoms with Crippen LogP contribution in [0.4, 0.5) is 0 Å². The molecule has 1 amide bonds. The minimum Gasteiger partial charge on any atom is -0.496 e. The summed E-state index contributed by atoms with van der Waals surface area (Å²) in [5.74, 6) is 1.39. The maximum absolute atomic E-state index is 11.5. The monoisotopic (exact) mass is 661 g/mol. The van der Waals surface area contributed by atoms with Gasteiger partial charge in [-0.15, -0.1) is 0 Å². The van der Waals surface area contributed by atoms with Crippen LogP contribution < -0.4 is 20.1 Å². The molecule has 3 N–H and O–H groups in total. The number of carbonyl (C=O) groups excluding carboxylic acids is 1. The molecule has 0 aliphatic carbocycles. The Morgan fingerprint density at radius 3 is 2.63 bits per heavy atom. The van der Waals surface area contributed by atoms with Crippen molar-refractivity contribution in [2.45, 2.75) is 38.4 Å². The first-order valence-corrected chi connectivity index (χ1v) is 16.2. The van der Waals surface area contributed by atoms with E-state index in [0.717, 1.165) is 65.1 Å². The molecule has 1 atom stereocenters. The molecule has 2 aromatic carbocycles. The first kappa shape index (κ1) is 32.2. The molecular formula is C35H37Cl2N5O4. The average molecular weight is 663 g/mol. The molecule has 11 heteroatoms. The second-order valence-electron chi connectivity index (χ2n) is 11.6. The number of amides is 1. The number of hydrogen-bond acceptors (Lipinski definition) is 8. The number of nitrogens with zero attached hydrogens (tertiary/aromatic N) is 3. The number of β-amino-alcohol motifs (C(OH)–C–C–N with tert-alkyl or cyclic N) is 1. The number of pyridine rings is 2. The van der Waals surface area contributed by atoms with Crippen molar-refractivity contribution in [3.8, 4) is 45.3 Å². The van der Waals surface area contributed by atoms with Crippen molar-refractivity contribution in [1.29, 1.82) is 0 Å². The topological polar surface area (TPSA) is 109 Å². The summed E-state index contributed by atoms with van der Waals surface area (Å²) < 4.78 is 11.4. The molecule has 240 valence electrons. The molecule has 4 heterocycles. The zero-order valence-electron chi connectivity index (χ0n) is 25.9. The number of nitrogens with one attached hydrogen (secondary N) is 2. The van der Waals surface area contributed by atoms with Gasteiger partial charge >= 0.3 is 0 Å². The zero-order valence-corrected chi connectivity index (χ0v) is 27.4. The first-order valence-electron chi connectivity index (χ1n) is 15.4. The number of benzene rings is 2. The fourth-order valence-electron chi connectivity index (χ4n) is 6.27. The molecule has 9 nitrogen and oxygen atoms in total. The van der Waals surface area contributed by atoms with Crippen LogP contribution in [-0.2, 0) is 24.3 Å². The summed E-state index contributed by atoms with van der Waals surface area (Å²) in [6, 6.07) is 15.9. The van der Waals surface area contributed by atoms with Gasteiger partial charge < -0.3 is 25.2 Å². The van der Waals surface area contributed by atoms with Crippen LogP contribution in [0.3, 0.4) is 0 Å². The first-order chi connectivity index (χ1) is 22.4. The molecule has 0 radical (unpaired) electrons. The summed E-state index contributed by atoms with van der Waals surface area (Å²) in [7, 11) is 3.27. The number of aliphatic hydroxyl groups is 1. The number of hydrogen-bond donors (Lipinski definition) is 3. The molecule has 46 heavy (non-hydrogen) atoms. The summed E-state index contributed by atoms with van der Waals surface area (Å²) in [6.07, 6.45) is 4.00. The highest BCUT2D eigenvalue weighted by molar-refractivity contribution is 6.39. The van der Waals surface area contributed by atoms with E-state index in [-0.39, 0.29) is 18.6 Å². The van der Waals surface area contributed by atoms with Crippen LogP contribution >= 0.6 is 23.2 Å². The maximum Gasteiger partial charge on any atom is 0.220 e. The third kappa shape index (κ3) is 6.70. The summed E-state index contributed by atoms with van der Waals surface area (Å²) in [6.45, 7) is 3.58. The van der Waals surface area contributed by atoms with Gasteiger partial charge in [-0.2, -0.15) is 0 Å². The van der Waals surface area contributed by atoms with Crippen molar-refractivity contribution < 1.29 is 19.4 Å². The van der Waals surface area contributed by atoms with Crippen molar-refractivity contribution in [2.24, 2.45) is 0 Å². The van der Waals surface area contributed by atoms with Gasteiger partial charge in [0.15, 0.2) is 0 Å². The van der Waals surface area contributed by atoms with E-state index in [1.54, 1.807) is 20.4 Å². The van der Waals surface area contributed by atoms with Crippen LogP contribution in [-0.4, -0.2) is 72.4 Å². The van der Waals surface area contributed by atoms with Crippen molar-refractivity contribution in [1.82, 2.24) is 25.5 Å². The van der Waals surface area contributed by atoms with Crippen LogP contribution in [0.1, 0.15) is 29.5 Å². The molecule has 6 rings (SSSR count). The van der Waals surface area contributed by atoms with E-state index in [1.165, 1.54) is 5.56 Å². The highest BCUT2D eigenvalue weighted by atomic mass is 35.5. The summed E-state index contributed by atoms with van der Waals surface area (Å²) in [5.41, 5.74) is 7.70. The molecule has 0 saturated carbocycles. The Kier molecular flexibility index (Phi) is 10.1. The van der Waals surface area contributed by atoms with Gasteiger partial charge in [-0.25, -0.2) is 4.98 Å². The largest absolute Gasteiger partial charge is 0.496 e. The molecule has 1 saturated heterocycles. The van der Waals surface area contributed by atoms with Crippen LogP contribution in [0.25, 0.3) is 33.6 Å². The average Bonchev–Trinajstić information content (AvgIpc) is 3.49. The summed E-state index contributed by atoms with van der Waals surface area (Å²) in [5, 5.41) is 16.8. The van der Waals surface area contributed by atoms with Crippen LogP contribution in [0.5, 0.6) is 11.6 Å².